The van der Waals surface area contributed by atoms with Crippen LogP contribution in [0.2, 0.25) is 0 Å². The molecule has 0 aliphatic heterocycles. The number of hydrogen-bond donors (Lipinski definition) is 3. The fourth-order valence-electron chi connectivity index (χ4n) is 1.09. The Hall–Kier alpha value is -1.57. The van der Waals surface area contributed by atoms with Crippen molar-refractivity contribution < 1.29 is 18.7 Å². The molecule has 0 aromatic carbocycles. The number of alkyl halides is 2. The highest BCUT2D eigenvalue weighted by Gasteiger charge is 2.28. The minimum absolute atomic E-state index is 0.179. The molecular formula is C9H14F2N4O2. The highest BCUT2D eigenvalue weighted by atomic mass is 19.3. The molecular weight excluding hydrogens is 234 g/mol. The third-order valence-electron chi connectivity index (χ3n) is 1.96. The zero-order chi connectivity index (χ0) is 12.9. The molecule has 1 rings (SSSR count). The molecule has 6 nitrogen and oxygen atoms in total. The van der Waals surface area contributed by atoms with Crippen molar-refractivity contribution in [3.63, 3.8) is 0 Å². The summed E-state index contributed by atoms with van der Waals surface area (Å²) < 4.78 is 25.3. The van der Waals surface area contributed by atoms with Crippen LogP contribution in [0.25, 0.3) is 0 Å². The number of aliphatic hydroxyl groups is 1. The van der Waals surface area contributed by atoms with Crippen LogP contribution < -0.4 is 5.32 Å². The quantitative estimate of drug-likeness (QED) is 0.666. The van der Waals surface area contributed by atoms with Crippen LogP contribution in [0.15, 0.2) is 0 Å². The fraction of sp³-hybridized carbons (Fsp3) is 0.667. The number of nitrogens with zero attached hydrogens (tertiary/aromatic N) is 2. The molecule has 8 heteroatoms. The first-order chi connectivity index (χ1) is 7.98. The van der Waals surface area contributed by atoms with Crippen molar-refractivity contribution >= 4 is 5.91 Å². The van der Waals surface area contributed by atoms with E-state index in [0.717, 1.165) is 6.42 Å². The van der Waals surface area contributed by atoms with Crippen molar-refractivity contribution in [2.75, 3.05) is 13.2 Å². The molecule has 0 spiro atoms. The zero-order valence-corrected chi connectivity index (χ0v) is 9.33. The van der Waals surface area contributed by atoms with Crippen molar-refractivity contribution in [1.82, 2.24) is 20.5 Å². The van der Waals surface area contributed by atoms with Gasteiger partial charge in [-0.15, -0.1) is 5.10 Å². The molecule has 0 aliphatic rings. The van der Waals surface area contributed by atoms with E-state index in [0.29, 0.717) is 12.2 Å². The van der Waals surface area contributed by atoms with Gasteiger partial charge in [-0.25, -0.2) is 13.8 Å². The molecule has 0 saturated carbocycles. The highest BCUT2D eigenvalue weighted by Crippen LogP contribution is 2.09. The molecule has 17 heavy (non-hydrogen) atoms. The third kappa shape index (κ3) is 4.06. The van der Waals surface area contributed by atoms with Crippen LogP contribution in [-0.2, 0) is 6.42 Å². The normalized spacial score (nSPS) is 11.5. The number of H-pyrrole nitrogens is 1. The molecule has 1 aromatic rings. The lowest BCUT2D eigenvalue weighted by atomic mass is 10.3. The van der Waals surface area contributed by atoms with E-state index < -0.39 is 25.0 Å². The second kappa shape index (κ2) is 5.67. The summed E-state index contributed by atoms with van der Waals surface area (Å²) in [4.78, 5) is 15.2. The molecule has 0 radical (unpaired) electrons. The average Bonchev–Trinajstić information content (AvgIpc) is 2.75. The second-order valence-corrected chi connectivity index (χ2v) is 3.55. The standard InChI is InChI=1S/C9H14F2N4O2/c1-2-3-6-13-7(15-14-6)8(17)12-4-9(10,11)5-16/h16H,2-5H2,1H3,(H,12,17)(H,13,14,15). The molecule has 0 aliphatic carbocycles. The number of aromatic nitrogens is 3. The maximum Gasteiger partial charge on any atom is 0.291 e. The molecule has 0 fully saturated rings. The van der Waals surface area contributed by atoms with Crippen molar-refractivity contribution in [1.29, 1.82) is 0 Å². The summed E-state index contributed by atoms with van der Waals surface area (Å²) >= 11 is 0. The van der Waals surface area contributed by atoms with Crippen LogP contribution in [0, 0.1) is 0 Å². The van der Waals surface area contributed by atoms with Gasteiger partial charge in [-0.1, -0.05) is 6.92 Å². The number of amides is 1. The maximum atomic E-state index is 12.6. The first-order valence-electron chi connectivity index (χ1n) is 5.16. The molecule has 0 atom stereocenters. The van der Waals surface area contributed by atoms with Crippen molar-refractivity contribution in [2.24, 2.45) is 0 Å². The van der Waals surface area contributed by atoms with Crippen LogP contribution in [0.1, 0.15) is 29.8 Å². The van der Waals surface area contributed by atoms with E-state index in [4.69, 9.17) is 5.11 Å². The van der Waals surface area contributed by atoms with E-state index >= 15 is 0 Å². The summed E-state index contributed by atoms with van der Waals surface area (Å²) in [5.74, 6) is -3.77. The summed E-state index contributed by atoms with van der Waals surface area (Å²) in [6.07, 6.45) is 1.46. The van der Waals surface area contributed by atoms with E-state index in [-0.39, 0.29) is 5.82 Å². The minimum atomic E-state index is -3.34. The van der Waals surface area contributed by atoms with Gasteiger partial charge in [0, 0.05) is 6.42 Å². The van der Waals surface area contributed by atoms with Gasteiger partial charge in [0.15, 0.2) is 0 Å². The van der Waals surface area contributed by atoms with E-state index in [1.54, 1.807) is 0 Å². The summed E-state index contributed by atoms with van der Waals surface area (Å²) in [6.45, 7) is -0.327. The highest BCUT2D eigenvalue weighted by molar-refractivity contribution is 5.90. The Morgan fingerprint density at radius 1 is 1.59 bits per heavy atom. The van der Waals surface area contributed by atoms with Gasteiger partial charge in [0.2, 0.25) is 5.82 Å². The van der Waals surface area contributed by atoms with Crippen LogP contribution in [0.5, 0.6) is 0 Å². The van der Waals surface area contributed by atoms with E-state index in [2.05, 4.69) is 15.2 Å². The van der Waals surface area contributed by atoms with Gasteiger partial charge in [-0.05, 0) is 6.42 Å². The average molecular weight is 248 g/mol. The fourth-order valence-corrected chi connectivity index (χ4v) is 1.09. The van der Waals surface area contributed by atoms with Gasteiger partial charge in [0.1, 0.15) is 12.4 Å². The smallest absolute Gasteiger partial charge is 0.291 e. The molecule has 0 unspecified atom stereocenters. The lowest BCUT2D eigenvalue weighted by Gasteiger charge is -2.12. The molecule has 0 saturated heterocycles. The monoisotopic (exact) mass is 248 g/mol. The molecule has 1 heterocycles. The topological polar surface area (TPSA) is 90.9 Å². The number of halogens is 2. The van der Waals surface area contributed by atoms with Crippen LogP contribution in [0.3, 0.4) is 0 Å². The van der Waals surface area contributed by atoms with Crippen molar-refractivity contribution in [2.45, 2.75) is 25.7 Å². The van der Waals surface area contributed by atoms with Crippen molar-refractivity contribution in [3.8, 4) is 0 Å². The van der Waals surface area contributed by atoms with E-state index in [1.807, 2.05) is 12.2 Å². The van der Waals surface area contributed by atoms with Gasteiger partial charge in [0.05, 0.1) is 6.54 Å². The first kappa shape index (κ1) is 13.5. The van der Waals surface area contributed by atoms with Crippen LogP contribution >= 0.6 is 0 Å². The Balaban J connectivity index is 2.52. The number of rotatable bonds is 6. The summed E-state index contributed by atoms with van der Waals surface area (Å²) in [6, 6.07) is 0. The number of hydrogen-bond acceptors (Lipinski definition) is 4. The molecule has 1 amide bonds. The minimum Gasteiger partial charge on any atom is -0.390 e. The van der Waals surface area contributed by atoms with Gasteiger partial charge in [-0.2, -0.15) is 0 Å². The summed E-state index contributed by atoms with van der Waals surface area (Å²) in [5, 5.41) is 16.4. The Kier molecular flexibility index (Phi) is 4.50. The predicted molar refractivity (Wildman–Crippen MR) is 54.7 cm³/mol. The van der Waals surface area contributed by atoms with Crippen LogP contribution in [-0.4, -0.2) is 45.3 Å². The summed E-state index contributed by atoms with van der Waals surface area (Å²) in [5.41, 5.74) is 0. The number of carbonyl (C=O) groups is 1. The number of aromatic amines is 1. The predicted octanol–water partition coefficient (Wildman–Crippen LogP) is 0.115. The lowest BCUT2D eigenvalue weighted by Crippen LogP contribution is -2.39. The largest absolute Gasteiger partial charge is 0.390 e. The molecule has 1 aromatic heterocycles. The Labute approximate surface area is 96.4 Å². The van der Waals surface area contributed by atoms with E-state index in [9.17, 15) is 13.6 Å². The Morgan fingerprint density at radius 2 is 2.29 bits per heavy atom. The van der Waals surface area contributed by atoms with Gasteiger partial charge >= 0.3 is 0 Å². The molecule has 96 valence electrons. The first-order valence-corrected chi connectivity index (χ1v) is 5.16. The van der Waals surface area contributed by atoms with Gasteiger partial charge in [0.25, 0.3) is 11.8 Å². The van der Waals surface area contributed by atoms with Crippen LogP contribution in [0.4, 0.5) is 8.78 Å². The number of aliphatic hydroxyl groups excluding tert-OH is 1. The zero-order valence-electron chi connectivity index (χ0n) is 9.33. The Morgan fingerprint density at radius 3 is 2.88 bits per heavy atom. The number of nitrogens with one attached hydrogen (secondary N) is 2. The Bertz CT molecular complexity index is 381. The van der Waals surface area contributed by atoms with Crippen molar-refractivity contribution in [3.05, 3.63) is 11.6 Å². The van der Waals surface area contributed by atoms with E-state index in [1.165, 1.54) is 0 Å². The maximum absolute atomic E-state index is 12.6. The summed E-state index contributed by atoms with van der Waals surface area (Å²) in [7, 11) is 0. The molecule has 3 N–H and O–H groups in total. The van der Waals surface area contributed by atoms with Gasteiger partial charge in [-0.3, -0.25) is 9.89 Å². The molecule has 0 bridgehead atoms. The van der Waals surface area contributed by atoms with Gasteiger partial charge < -0.3 is 10.4 Å². The second-order valence-electron chi connectivity index (χ2n) is 3.55. The SMILES string of the molecule is CCCc1nc(C(=O)NCC(F)(F)CO)n[nH]1. The third-order valence-corrected chi connectivity index (χ3v) is 1.96. The number of aryl methyl sites for hydroxylation is 1. The number of carbonyl (C=O) groups excluding carboxylic acids is 1. The lowest BCUT2D eigenvalue weighted by molar-refractivity contribution is -0.0462.